The fourth-order valence-corrected chi connectivity index (χ4v) is 3.57. The number of hydrogen-bond acceptors (Lipinski definition) is 2. The molecule has 0 heterocycles. The lowest BCUT2D eigenvalue weighted by Gasteiger charge is -2.22. The van der Waals surface area contributed by atoms with Crippen LogP contribution in [0.25, 0.3) is 0 Å². The molecule has 136 valence electrons. The fourth-order valence-electron chi connectivity index (χ4n) is 3.57. The Balaban J connectivity index is 1.68. The second kappa shape index (κ2) is 8.17. The number of amides is 2. The minimum atomic E-state index is -0.141. The van der Waals surface area contributed by atoms with Crippen LogP contribution in [-0.4, -0.2) is 11.8 Å². The highest BCUT2D eigenvalue weighted by Gasteiger charge is 2.16. The molecular formula is C22H26N2O2. The number of benzene rings is 2. The number of hydrogen-bond donors (Lipinski definition) is 2. The van der Waals surface area contributed by atoms with E-state index in [2.05, 4.69) is 22.8 Å². The van der Waals surface area contributed by atoms with Crippen LogP contribution in [0.15, 0.2) is 42.5 Å². The topological polar surface area (TPSA) is 58.2 Å². The first-order chi connectivity index (χ1) is 12.5. The van der Waals surface area contributed by atoms with Crippen LogP contribution in [0.4, 0.5) is 11.4 Å². The minimum Gasteiger partial charge on any atom is -0.326 e. The number of rotatable bonds is 4. The molecule has 1 fully saturated rings. The van der Waals surface area contributed by atoms with Gasteiger partial charge in [0.25, 0.3) is 5.91 Å². The highest BCUT2D eigenvalue weighted by molar-refractivity contribution is 6.04. The van der Waals surface area contributed by atoms with Gasteiger partial charge in [-0.3, -0.25) is 9.59 Å². The van der Waals surface area contributed by atoms with E-state index in [1.54, 1.807) is 6.07 Å². The van der Waals surface area contributed by atoms with Gasteiger partial charge < -0.3 is 10.6 Å². The lowest BCUT2D eigenvalue weighted by atomic mass is 9.84. The number of carbonyl (C=O) groups excluding carboxylic acids is 2. The molecule has 2 aromatic rings. The fraction of sp³-hybridized carbons (Fsp3) is 0.364. The second-order valence-corrected chi connectivity index (χ2v) is 7.12. The Hall–Kier alpha value is -2.62. The Morgan fingerprint density at radius 1 is 0.923 bits per heavy atom. The molecule has 2 amide bonds. The van der Waals surface area contributed by atoms with Crippen molar-refractivity contribution in [3.63, 3.8) is 0 Å². The third-order valence-corrected chi connectivity index (χ3v) is 5.06. The summed E-state index contributed by atoms with van der Waals surface area (Å²) in [6.07, 6.45) is 6.45. The molecular weight excluding hydrogens is 324 g/mol. The monoisotopic (exact) mass is 350 g/mol. The van der Waals surface area contributed by atoms with E-state index in [4.69, 9.17) is 0 Å². The van der Waals surface area contributed by atoms with Crippen LogP contribution < -0.4 is 10.6 Å². The van der Waals surface area contributed by atoms with E-state index >= 15 is 0 Å². The number of nitrogens with one attached hydrogen (secondary N) is 2. The molecule has 0 spiro atoms. The lowest BCUT2D eigenvalue weighted by molar-refractivity contribution is -0.114. The zero-order chi connectivity index (χ0) is 18.5. The molecule has 4 heteroatoms. The highest BCUT2D eigenvalue weighted by Crippen LogP contribution is 2.32. The van der Waals surface area contributed by atoms with Crippen molar-refractivity contribution in [1.29, 1.82) is 0 Å². The standard InChI is InChI=1S/C22H26N2O2/c1-15-8-13-20(14-21(15)23-16(2)25)24-22(26)19-11-9-18(10-12-19)17-6-4-3-5-7-17/h8-14,17H,3-7H2,1-2H3,(H,23,25)(H,24,26). The largest absolute Gasteiger partial charge is 0.326 e. The predicted molar refractivity (Wildman–Crippen MR) is 106 cm³/mol. The van der Waals surface area contributed by atoms with Gasteiger partial charge in [-0.1, -0.05) is 37.5 Å². The van der Waals surface area contributed by atoms with Crippen LogP contribution >= 0.6 is 0 Å². The van der Waals surface area contributed by atoms with Crippen LogP contribution in [-0.2, 0) is 4.79 Å². The van der Waals surface area contributed by atoms with Gasteiger partial charge >= 0.3 is 0 Å². The van der Waals surface area contributed by atoms with E-state index in [9.17, 15) is 9.59 Å². The molecule has 0 unspecified atom stereocenters. The molecule has 0 aromatic heterocycles. The van der Waals surface area contributed by atoms with Crippen molar-refractivity contribution in [3.8, 4) is 0 Å². The van der Waals surface area contributed by atoms with Gasteiger partial charge in [-0.15, -0.1) is 0 Å². The lowest BCUT2D eigenvalue weighted by Crippen LogP contribution is -2.13. The van der Waals surface area contributed by atoms with Crippen molar-refractivity contribution in [3.05, 3.63) is 59.2 Å². The van der Waals surface area contributed by atoms with Crippen molar-refractivity contribution in [2.24, 2.45) is 0 Å². The first-order valence-corrected chi connectivity index (χ1v) is 9.32. The van der Waals surface area contributed by atoms with Gasteiger partial charge in [0.05, 0.1) is 0 Å². The van der Waals surface area contributed by atoms with Gasteiger partial charge in [0.1, 0.15) is 0 Å². The van der Waals surface area contributed by atoms with Crippen LogP contribution in [0.3, 0.4) is 0 Å². The number of carbonyl (C=O) groups is 2. The van der Waals surface area contributed by atoms with Crippen LogP contribution in [0.5, 0.6) is 0 Å². The average molecular weight is 350 g/mol. The third-order valence-electron chi connectivity index (χ3n) is 5.06. The van der Waals surface area contributed by atoms with Gasteiger partial charge in [0.15, 0.2) is 0 Å². The summed E-state index contributed by atoms with van der Waals surface area (Å²) in [5, 5.41) is 5.69. The molecule has 0 saturated heterocycles. The summed E-state index contributed by atoms with van der Waals surface area (Å²) in [5.74, 6) is 0.367. The van der Waals surface area contributed by atoms with Crippen molar-refractivity contribution < 1.29 is 9.59 Å². The van der Waals surface area contributed by atoms with E-state index in [0.717, 1.165) is 5.56 Å². The summed E-state index contributed by atoms with van der Waals surface area (Å²) < 4.78 is 0. The summed E-state index contributed by atoms with van der Waals surface area (Å²) in [4.78, 5) is 23.8. The van der Waals surface area contributed by atoms with Gasteiger partial charge in [-0.05, 0) is 61.1 Å². The molecule has 2 aromatic carbocycles. The first-order valence-electron chi connectivity index (χ1n) is 9.32. The number of anilines is 2. The van der Waals surface area contributed by atoms with Crippen molar-refractivity contribution in [2.45, 2.75) is 51.9 Å². The van der Waals surface area contributed by atoms with Crippen molar-refractivity contribution >= 4 is 23.2 Å². The molecule has 26 heavy (non-hydrogen) atoms. The van der Waals surface area contributed by atoms with Gasteiger partial charge in [-0.2, -0.15) is 0 Å². The predicted octanol–water partition coefficient (Wildman–Crippen LogP) is 5.25. The van der Waals surface area contributed by atoms with E-state index < -0.39 is 0 Å². The Morgan fingerprint density at radius 3 is 2.27 bits per heavy atom. The normalized spacial score (nSPS) is 14.7. The molecule has 3 rings (SSSR count). The average Bonchev–Trinajstić information content (AvgIpc) is 2.65. The zero-order valence-electron chi connectivity index (χ0n) is 15.5. The Bertz CT molecular complexity index is 790. The Morgan fingerprint density at radius 2 is 1.62 bits per heavy atom. The Labute approximate surface area is 155 Å². The Kier molecular flexibility index (Phi) is 5.71. The van der Waals surface area contributed by atoms with E-state index in [0.29, 0.717) is 22.9 Å². The van der Waals surface area contributed by atoms with Gasteiger partial charge in [0.2, 0.25) is 5.91 Å². The molecule has 0 aliphatic heterocycles. The number of aryl methyl sites for hydroxylation is 1. The maximum Gasteiger partial charge on any atom is 0.255 e. The van der Waals surface area contributed by atoms with Gasteiger partial charge in [-0.25, -0.2) is 0 Å². The van der Waals surface area contributed by atoms with Crippen LogP contribution in [0.1, 0.15) is 66.4 Å². The molecule has 1 aliphatic carbocycles. The van der Waals surface area contributed by atoms with Gasteiger partial charge in [0, 0.05) is 23.9 Å². The summed E-state index contributed by atoms with van der Waals surface area (Å²) >= 11 is 0. The second-order valence-electron chi connectivity index (χ2n) is 7.12. The molecule has 1 aliphatic rings. The summed E-state index contributed by atoms with van der Waals surface area (Å²) in [5.41, 5.74) is 4.31. The molecule has 0 atom stereocenters. The van der Waals surface area contributed by atoms with E-state index in [1.165, 1.54) is 44.6 Å². The highest BCUT2D eigenvalue weighted by atomic mass is 16.2. The SMILES string of the molecule is CC(=O)Nc1cc(NC(=O)c2ccc(C3CCCCC3)cc2)ccc1C. The van der Waals surface area contributed by atoms with Crippen molar-refractivity contribution in [2.75, 3.05) is 10.6 Å². The maximum atomic E-state index is 12.5. The van der Waals surface area contributed by atoms with E-state index in [1.807, 2.05) is 31.2 Å². The minimum absolute atomic E-state index is 0.130. The third kappa shape index (κ3) is 4.51. The quantitative estimate of drug-likeness (QED) is 0.791. The first kappa shape index (κ1) is 18.2. The molecule has 0 radical (unpaired) electrons. The smallest absolute Gasteiger partial charge is 0.255 e. The molecule has 0 bridgehead atoms. The molecule has 4 nitrogen and oxygen atoms in total. The summed E-state index contributed by atoms with van der Waals surface area (Å²) in [6.45, 7) is 3.39. The molecule has 2 N–H and O–H groups in total. The summed E-state index contributed by atoms with van der Waals surface area (Å²) in [6, 6.07) is 13.5. The van der Waals surface area contributed by atoms with E-state index in [-0.39, 0.29) is 11.8 Å². The maximum absolute atomic E-state index is 12.5. The van der Waals surface area contributed by atoms with Crippen LogP contribution in [0.2, 0.25) is 0 Å². The molecule has 1 saturated carbocycles. The zero-order valence-corrected chi connectivity index (χ0v) is 15.5. The summed E-state index contributed by atoms with van der Waals surface area (Å²) in [7, 11) is 0. The van der Waals surface area contributed by atoms with Crippen LogP contribution in [0, 0.1) is 6.92 Å². The van der Waals surface area contributed by atoms with Crippen molar-refractivity contribution in [1.82, 2.24) is 0 Å².